The molecular weight excluding hydrogens is 392 g/mol. The Labute approximate surface area is 197 Å². The van der Waals surface area contributed by atoms with Crippen LogP contribution < -0.4 is 0 Å². The summed E-state index contributed by atoms with van der Waals surface area (Å²) >= 11 is 0. The fourth-order valence-electron chi connectivity index (χ4n) is 8.80. The van der Waals surface area contributed by atoms with Crippen LogP contribution in [0.1, 0.15) is 99.8 Å². The first kappa shape index (κ1) is 24.3. The summed E-state index contributed by atoms with van der Waals surface area (Å²) < 4.78 is 0. The van der Waals surface area contributed by atoms with Crippen LogP contribution in [-0.2, 0) is 0 Å². The van der Waals surface area contributed by atoms with Crippen LogP contribution in [0.3, 0.4) is 0 Å². The highest BCUT2D eigenvalue weighted by atomic mass is 16.3. The Kier molecular flexibility index (Phi) is 6.16. The highest BCUT2D eigenvalue weighted by molar-refractivity contribution is 5.49. The van der Waals surface area contributed by atoms with E-state index in [0.29, 0.717) is 17.3 Å². The molecule has 2 N–H and O–H groups in total. The lowest BCUT2D eigenvalue weighted by Crippen LogP contribution is -2.54. The van der Waals surface area contributed by atoms with E-state index in [1.165, 1.54) is 25.7 Å². The van der Waals surface area contributed by atoms with Gasteiger partial charge in [0.25, 0.3) is 0 Å². The molecule has 0 saturated heterocycles. The SMILES string of the molecule is C/C(=C\CC[C@@H](C)[C@@H]1CC[C@@]2(C)C3=CCC4C(C)(C)[C@@H](O)CC[C@]4(C)C3=CC[C@]12C)CO. The lowest BCUT2D eigenvalue weighted by atomic mass is 9.44. The van der Waals surface area contributed by atoms with E-state index in [-0.39, 0.29) is 29.0 Å². The summed E-state index contributed by atoms with van der Waals surface area (Å²) in [4.78, 5) is 0. The first-order valence-corrected chi connectivity index (χ1v) is 13.3. The van der Waals surface area contributed by atoms with Crippen LogP contribution in [0, 0.1) is 39.4 Å². The molecule has 0 aliphatic heterocycles. The Hall–Kier alpha value is -0.860. The van der Waals surface area contributed by atoms with Crippen LogP contribution >= 0.6 is 0 Å². The molecule has 4 aliphatic carbocycles. The van der Waals surface area contributed by atoms with Crippen molar-refractivity contribution in [3.05, 3.63) is 34.9 Å². The smallest absolute Gasteiger partial charge is 0.0639 e. The molecule has 2 heteroatoms. The average Bonchev–Trinajstić information content (AvgIpc) is 3.02. The van der Waals surface area contributed by atoms with E-state index in [1.807, 2.05) is 6.92 Å². The van der Waals surface area contributed by atoms with Crippen molar-refractivity contribution in [3.63, 3.8) is 0 Å². The second kappa shape index (κ2) is 8.12. The van der Waals surface area contributed by atoms with Gasteiger partial charge in [-0.1, -0.05) is 65.3 Å². The molecule has 0 bridgehead atoms. The zero-order valence-corrected chi connectivity index (χ0v) is 21.8. The second-order valence-electron chi connectivity index (χ2n) is 13.2. The Morgan fingerprint density at radius 3 is 2.50 bits per heavy atom. The van der Waals surface area contributed by atoms with E-state index in [4.69, 9.17) is 0 Å². The molecule has 4 rings (SSSR count). The third-order valence-corrected chi connectivity index (χ3v) is 11.3. The van der Waals surface area contributed by atoms with E-state index in [0.717, 1.165) is 37.2 Å². The Bertz CT molecular complexity index is 832. The summed E-state index contributed by atoms with van der Waals surface area (Å²) in [6, 6.07) is 0. The number of rotatable bonds is 5. The Balaban J connectivity index is 1.63. The van der Waals surface area contributed by atoms with Crippen molar-refractivity contribution in [1.82, 2.24) is 0 Å². The summed E-state index contributed by atoms with van der Waals surface area (Å²) in [6.07, 6.45) is 16.6. The molecule has 0 amide bonds. The molecule has 7 atom stereocenters. The van der Waals surface area contributed by atoms with Crippen molar-refractivity contribution < 1.29 is 10.2 Å². The van der Waals surface area contributed by atoms with Gasteiger partial charge in [0.1, 0.15) is 0 Å². The van der Waals surface area contributed by atoms with Gasteiger partial charge in [0, 0.05) is 0 Å². The fourth-order valence-corrected chi connectivity index (χ4v) is 8.80. The molecule has 1 unspecified atom stereocenters. The number of fused-ring (bicyclic) bond motifs is 5. The Morgan fingerprint density at radius 2 is 1.81 bits per heavy atom. The van der Waals surface area contributed by atoms with E-state index in [1.54, 1.807) is 11.1 Å². The maximum atomic E-state index is 10.8. The van der Waals surface area contributed by atoms with Crippen molar-refractivity contribution >= 4 is 0 Å². The number of allylic oxidation sites excluding steroid dienone is 5. The first-order chi connectivity index (χ1) is 14.9. The van der Waals surface area contributed by atoms with Gasteiger partial charge in [0.2, 0.25) is 0 Å². The summed E-state index contributed by atoms with van der Waals surface area (Å²) in [5.41, 5.74) is 5.18. The van der Waals surface area contributed by atoms with E-state index < -0.39 is 0 Å². The van der Waals surface area contributed by atoms with E-state index in [2.05, 4.69) is 59.8 Å². The minimum Gasteiger partial charge on any atom is -0.393 e. The van der Waals surface area contributed by atoms with Crippen LogP contribution in [0.15, 0.2) is 34.9 Å². The summed E-state index contributed by atoms with van der Waals surface area (Å²) in [6.45, 7) is 17.0. The Morgan fingerprint density at radius 1 is 1.09 bits per heavy atom. The van der Waals surface area contributed by atoms with Gasteiger partial charge in [0.15, 0.2) is 0 Å². The predicted molar refractivity (Wildman–Crippen MR) is 134 cm³/mol. The monoisotopic (exact) mass is 440 g/mol. The van der Waals surface area contributed by atoms with Crippen LogP contribution in [0.4, 0.5) is 0 Å². The zero-order chi connectivity index (χ0) is 23.5. The summed E-state index contributed by atoms with van der Waals surface area (Å²) in [7, 11) is 0. The van der Waals surface area contributed by atoms with Crippen LogP contribution in [0.2, 0.25) is 0 Å². The molecule has 180 valence electrons. The molecule has 0 aromatic carbocycles. The summed E-state index contributed by atoms with van der Waals surface area (Å²) in [5, 5.41) is 20.1. The summed E-state index contributed by atoms with van der Waals surface area (Å²) in [5.74, 6) is 1.99. The first-order valence-electron chi connectivity index (χ1n) is 13.3. The van der Waals surface area contributed by atoms with Crippen LogP contribution in [0.25, 0.3) is 0 Å². The van der Waals surface area contributed by atoms with Gasteiger partial charge in [-0.15, -0.1) is 0 Å². The highest BCUT2D eigenvalue weighted by Crippen LogP contribution is 2.71. The van der Waals surface area contributed by atoms with Crippen molar-refractivity contribution in [2.24, 2.45) is 39.4 Å². The average molecular weight is 441 g/mol. The van der Waals surface area contributed by atoms with Gasteiger partial charge >= 0.3 is 0 Å². The van der Waals surface area contributed by atoms with Gasteiger partial charge in [0.05, 0.1) is 12.7 Å². The molecule has 0 spiro atoms. The van der Waals surface area contributed by atoms with Gasteiger partial charge in [-0.05, 0) is 109 Å². The maximum absolute atomic E-state index is 10.8. The number of hydrogen-bond donors (Lipinski definition) is 2. The molecule has 32 heavy (non-hydrogen) atoms. The number of hydrogen-bond acceptors (Lipinski definition) is 2. The minimum atomic E-state index is -0.180. The minimum absolute atomic E-state index is 0.0233. The third kappa shape index (κ3) is 3.34. The van der Waals surface area contributed by atoms with Gasteiger partial charge in [-0.3, -0.25) is 0 Å². The molecule has 0 aromatic rings. The molecule has 4 aliphatic rings. The molecule has 2 fully saturated rings. The third-order valence-electron chi connectivity index (χ3n) is 11.3. The van der Waals surface area contributed by atoms with Gasteiger partial charge < -0.3 is 10.2 Å². The fraction of sp³-hybridized carbons (Fsp3) is 0.800. The molecule has 0 radical (unpaired) electrons. The van der Waals surface area contributed by atoms with Crippen molar-refractivity contribution in [3.8, 4) is 0 Å². The zero-order valence-electron chi connectivity index (χ0n) is 21.8. The molecule has 0 heterocycles. The largest absolute Gasteiger partial charge is 0.393 e. The second-order valence-corrected chi connectivity index (χ2v) is 13.2. The van der Waals surface area contributed by atoms with Crippen molar-refractivity contribution in [1.29, 1.82) is 0 Å². The highest BCUT2D eigenvalue weighted by Gasteiger charge is 2.62. The standard InChI is InChI=1S/C30H48O2/c1-20(19-31)9-8-10-21(2)22-13-17-30(7)24-11-12-25-27(3,4)26(32)15-16-28(25,5)23(24)14-18-29(22,30)6/h9,11,14,21-22,25-26,31-32H,8,10,12-13,15-19H2,1-7H3/b20-9+/t21-,22+,25?,26+,28-,29-,30+/m1/s1. The van der Waals surface area contributed by atoms with Crippen LogP contribution in [0.5, 0.6) is 0 Å². The topological polar surface area (TPSA) is 40.5 Å². The van der Waals surface area contributed by atoms with E-state index >= 15 is 0 Å². The molecular formula is C30H48O2. The van der Waals surface area contributed by atoms with Crippen molar-refractivity contribution in [2.45, 2.75) is 106 Å². The maximum Gasteiger partial charge on any atom is 0.0639 e. The van der Waals surface area contributed by atoms with Crippen molar-refractivity contribution in [2.75, 3.05) is 6.61 Å². The molecule has 2 nitrogen and oxygen atoms in total. The van der Waals surface area contributed by atoms with E-state index in [9.17, 15) is 10.2 Å². The number of aliphatic hydroxyl groups is 2. The molecule has 2 saturated carbocycles. The lowest BCUT2D eigenvalue weighted by Gasteiger charge is -2.61. The van der Waals surface area contributed by atoms with Crippen LogP contribution in [-0.4, -0.2) is 22.9 Å². The lowest BCUT2D eigenvalue weighted by molar-refractivity contribution is -0.0851. The number of aliphatic hydroxyl groups excluding tert-OH is 2. The van der Waals surface area contributed by atoms with Gasteiger partial charge in [-0.2, -0.15) is 0 Å². The predicted octanol–water partition coefficient (Wildman–Crippen LogP) is 7.23. The van der Waals surface area contributed by atoms with Gasteiger partial charge in [-0.25, -0.2) is 0 Å². The normalized spacial score (nSPS) is 44.2. The quantitative estimate of drug-likeness (QED) is 0.443. The molecule has 0 aromatic heterocycles.